The third-order valence-corrected chi connectivity index (χ3v) is 5.32. The SMILES string of the molecule is CC(C)N(CCC(=O)N1CCOCC1)c1nc(Cc2ccc(F)cc2)ns1. The first kappa shape index (κ1) is 19.7. The minimum absolute atomic E-state index is 0.153. The van der Waals surface area contributed by atoms with Crippen LogP contribution in [0.4, 0.5) is 9.52 Å². The van der Waals surface area contributed by atoms with Gasteiger partial charge in [0.1, 0.15) is 11.6 Å². The highest BCUT2D eigenvalue weighted by atomic mass is 32.1. The fraction of sp³-hybridized carbons (Fsp3) is 0.526. The fourth-order valence-electron chi connectivity index (χ4n) is 2.98. The predicted molar refractivity (Wildman–Crippen MR) is 104 cm³/mol. The van der Waals surface area contributed by atoms with Crippen molar-refractivity contribution in [3.05, 3.63) is 41.5 Å². The van der Waals surface area contributed by atoms with Crippen molar-refractivity contribution >= 4 is 22.6 Å². The number of morpholine rings is 1. The van der Waals surface area contributed by atoms with Gasteiger partial charge in [0.25, 0.3) is 0 Å². The fourth-order valence-corrected chi connectivity index (χ4v) is 3.83. The van der Waals surface area contributed by atoms with Gasteiger partial charge in [-0.1, -0.05) is 12.1 Å². The summed E-state index contributed by atoms with van der Waals surface area (Å²) in [5.74, 6) is 0.619. The average Bonchev–Trinajstić information content (AvgIpc) is 3.12. The number of amides is 1. The second-order valence-electron chi connectivity index (χ2n) is 6.83. The molecule has 0 atom stereocenters. The number of benzene rings is 1. The molecule has 0 bridgehead atoms. The van der Waals surface area contributed by atoms with Gasteiger partial charge in [-0.05, 0) is 31.5 Å². The molecule has 1 aromatic carbocycles. The van der Waals surface area contributed by atoms with Gasteiger partial charge in [-0.2, -0.15) is 4.37 Å². The van der Waals surface area contributed by atoms with Gasteiger partial charge in [-0.3, -0.25) is 4.79 Å². The molecule has 0 unspecified atom stereocenters. The lowest BCUT2D eigenvalue weighted by Gasteiger charge is -2.29. The van der Waals surface area contributed by atoms with Gasteiger partial charge in [-0.15, -0.1) is 0 Å². The van der Waals surface area contributed by atoms with Gasteiger partial charge in [0, 0.05) is 50.1 Å². The number of hydrogen-bond donors (Lipinski definition) is 0. The van der Waals surface area contributed by atoms with Crippen LogP contribution in [0.15, 0.2) is 24.3 Å². The molecule has 8 heteroatoms. The Hall–Kier alpha value is -2.06. The van der Waals surface area contributed by atoms with Crippen molar-refractivity contribution in [1.29, 1.82) is 0 Å². The molecular formula is C19H25FN4O2S. The summed E-state index contributed by atoms with van der Waals surface area (Å²) in [6, 6.07) is 6.60. The number of anilines is 1. The molecule has 0 spiro atoms. The van der Waals surface area contributed by atoms with Gasteiger partial charge >= 0.3 is 0 Å². The number of halogens is 1. The molecule has 1 aliphatic heterocycles. The zero-order chi connectivity index (χ0) is 19.2. The summed E-state index contributed by atoms with van der Waals surface area (Å²) in [5.41, 5.74) is 0.972. The number of rotatable bonds is 7. The molecule has 0 saturated carbocycles. The summed E-state index contributed by atoms with van der Waals surface area (Å²) < 4.78 is 22.8. The summed E-state index contributed by atoms with van der Waals surface area (Å²) in [6.07, 6.45) is 1.01. The second-order valence-corrected chi connectivity index (χ2v) is 7.56. The smallest absolute Gasteiger partial charge is 0.224 e. The number of aromatic nitrogens is 2. The molecule has 1 saturated heterocycles. The summed E-state index contributed by atoms with van der Waals surface area (Å²) >= 11 is 1.34. The molecule has 1 aromatic heterocycles. The molecule has 146 valence electrons. The first-order valence-electron chi connectivity index (χ1n) is 9.22. The van der Waals surface area contributed by atoms with Gasteiger partial charge in [0.2, 0.25) is 11.0 Å². The van der Waals surface area contributed by atoms with Gasteiger partial charge in [-0.25, -0.2) is 9.37 Å². The van der Waals surface area contributed by atoms with Crippen LogP contribution >= 0.6 is 11.5 Å². The lowest BCUT2D eigenvalue weighted by molar-refractivity contribution is -0.135. The normalized spacial score (nSPS) is 14.6. The standard InChI is InChI=1S/C19H25FN4O2S/c1-14(2)24(8-7-18(25)23-9-11-26-12-10-23)19-21-17(22-27-19)13-15-3-5-16(20)6-4-15/h3-6,14H,7-13H2,1-2H3. The zero-order valence-corrected chi connectivity index (χ0v) is 16.5. The quantitative estimate of drug-likeness (QED) is 0.725. The van der Waals surface area contributed by atoms with E-state index < -0.39 is 0 Å². The Morgan fingerprint density at radius 3 is 2.67 bits per heavy atom. The molecular weight excluding hydrogens is 367 g/mol. The maximum atomic E-state index is 13.0. The Morgan fingerprint density at radius 1 is 1.30 bits per heavy atom. The van der Waals surface area contributed by atoms with Crippen LogP contribution in [0, 0.1) is 5.82 Å². The molecule has 0 radical (unpaired) electrons. The highest BCUT2D eigenvalue weighted by Gasteiger charge is 2.21. The Morgan fingerprint density at radius 2 is 2.00 bits per heavy atom. The van der Waals surface area contributed by atoms with E-state index in [4.69, 9.17) is 4.74 Å². The van der Waals surface area contributed by atoms with Crippen LogP contribution in [0.1, 0.15) is 31.7 Å². The molecule has 1 aliphatic rings. The van der Waals surface area contributed by atoms with Crippen LogP contribution in [-0.2, 0) is 16.0 Å². The van der Waals surface area contributed by atoms with Crippen molar-refractivity contribution in [2.24, 2.45) is 0 Å². The van der Waals surface area contributed by atoms with Crippen molar-refractivity contribution in [3.63, 3.8) is 0 Å². The Labute approximate surface area is 163 Å². The molecule has 3 rings (SSSR count). The third-order valence-electron chi connectivity index (χ3n) is 4.53. The third kappa shape index (κ3) is 5.46. The molecule has 1 amide bonds. The molecule has 0 N–H and O–H groups in total. The molecule has 27 heavy (non-hydrogen) atoms. The van der Waals surface area contributed by atoms with E-state index in [0.717, 1.165) is 10.7 Å². The van der Waals surface area contributed by atoms with E-state index in [1.165, 1.54) is 23.7 Å². The monoisotopic (exact) mass is 392 g/mol. The number of carbonyl (C=O) groups excluding carboxylic acids is 1. The van der Waals surface area contributed by atoms with Crippen LogP contribution in [0.5, 0.6) is 0 Å². The summed E-state index contributed by atoms with van der Waals surface area (Å²) in [5, 5.41) is 0.817. The van der Waals surface area contributed by atoms with Gasteiger partial charge in [0.15, 0.2) is 0 Å². The molecule has 2 heterocycles. The number of nitrogens with zero attached hydrogens (tertiary/aromatic N) is 4. The van der Waals surface area contributed by atoms with Crippen LogP contribution in [0.25, 0.3) is 0 Å². The van der Waals surface area contributed by atoms with Gasteiger partial charge < -0.3 is 14.5 Å². The van der Waals surface area contributed by atoms with E-state index in [1.807, 2.05) is 4.90 Å². The Kier molecular flexibility index (Phi) is 6.73. The lowest BCUT2D eigenvalue weighted by Crippen LogP contribution is -2.42. The molecule has 1 fully saturated rings. The van der Waals surface area contributed by atoms with Crippen LogP contribution in [-0.4, -0.2) is 59.1 Å². The van der Waals surface area contributed by atoms with E-state index in [1.54, 1.807) is 12.1 Å². The minimum atomic E-state index is -0.249. The molecule has 6 nitrogen and oxygen atoms in total. The highest BCUT2D eigenvalue weighted by Crippen LogP contribution is 2.22. The average molecular weight is 392 g/mol. The first-order valence-corrected chi connectivity index (χ1v) is 9.99. The van der Waals surface area contributed by atoms with Gasteiger partial charge in [0.05, 0.1) is 13.2 Å². The maximum Gasteiger partial charge on any atom is 0.224 e. The van der Waals surface area contributed by atoms with E-state index in [0.29, 0.717) is 51.5 Å². The van der Waals surface area contributed by atoms with Crippen molar-refractivity contribution in [3.8, 4) is 0 Å². The van der Waals surface area contributed by atoms with Crippen LogP contribution in [0.2, 0.25) is 0 Å². The molecule has 2 aromatic rings. The lowest BCUT2D eigenvalue weighted by atomic mass is 10.1. The maximum absolute atomic E-state index is 13.0. The van der Waals surface area contributed by atoms with Crippen molar-refractivity contribution in [1.82, 2.24) is 14.3 Å². The van der Waals surface area contributed by atoms with E-state index >= 15 is 0 Å². The van der Waals surface area contributed by atoms with E-state index in [2.05, 4.69) is 28.1 Å². The summed E-state index contributed by atoms with van der Waals surface area (Å²) in [4.78, 5) is 21.0. The number of carbonyl (C=O) groups is 1. The Balaban J connectivity index is 1.60. The van der Waals surface area contributed by atoms with Crippen molar-refractivity contribution in [2.45, 2.75) is 32.7 Å². The first-order chi connectivity index (χ1) is 13.0. The Bertz CT molecular complexity index is 744. The zero-order valence-electron chi connectivity index (χ0n) is 15.7. The van der Waals surface area contributed by atoms with Crippen LogP contribution < -0.4 is 4.90 Å². The number of hydrogen-bond acceptors (Lipinski definition) is 6. The topological polar surface area (TPSA) is 58.6 Å². The van der Waals surface area contributed by atoms with Crippen molar-refractivity contribution in [2.75, 3.05) is 37.7 Å². The van der Waals surface area contributed by atoms with Crippen molar-refractivity contribution < 1.29 is 13.9 Å². The predicted octanol–water partition coefficient (Wildman–Crippen LogP) is 2.73. The van der Waals surface area contributed by atoms with Crippen LogP contribution in [0.3, 0.4) is 0 Å². The summed E-state index contributed by atoms with van der Waals surface area (Å²) in [7, 11) is 0. The second kappa shape index (κ2) is 9.23. The largest absolute Gasteiger partial charge is 0.378 e. The van der Waals surface area contributed by atoms with E-state index in [-0.39, 0.29) is 17.8 Å². The van der Waals surface area contributed by atoms with E-state index in [9.17, 15) is 9.18 Å². The minimum Gasteiger partial charge on any atom is -0.378 e. The summed E-state index contributed by atoms with van der Waals surface area (Å²) in [6.45, 7) is 7.34. The molecule has 0 aliphatic carbocycles. The highest BCUT2D eigenvalue weighted by molar-refractivity contribution is 7.09. The number of ether oxygens (including phenoxy) is 1.